The van der Waals surface area contributed by atoms with Gasteiger partial charge in [0.1, 0.15) is 5.69 Å². The number of anilines is 1. The Kier molecular flexibility index (Phi) is 4.66. The third kappa shape index (κ3) is 3.17. The molecule has 3 aromatic rings. The number of carbonyl (C=O) groups excluding carboxylic acids is 1. The van der Waals surface area contributed by atoms with Gasteiger partial charge in [0.15, 0.2) is 0 Å². The van der Waals surface area contributed by atoms with Gasteiger partial charge in [-0.1, -0.05) is 60.7 Å². The fourth-order valence-corrected chi connectivity index (χ4v) is 2.75. The van der Waals surface area contributed by atoms with E-state index in [9.17, 15) is 9.59 Å². The number of rotatable bonds is 4. The average molecular weight is 334 g/mol. The molecule has 3 N–H and O–H groups in total. The minimum absolute atomic E-state index is 0.00562. The maximum atomic E-state index is 12.7. The molecule has 3 rings (SSSR count). The Balaban J connectivity index is 2.39. The molecule has 0 saturated heterocycles. The van der Waals surface area contributed by atoms with E-state index in [1.807, 2.05) is 60.7 Å². The summed E-state index contributed by atoms with van der Waals surface area (Å²) in [5.41, 5.74) is 8.05. The Hall–Kier alpha value is -3.34. The molecule has 0 unspecified atom stereocenters. The first-order valence-electron chi connectivity index (χ1n) is 7.97. The molecule has 1 heterocycles. The van der Waals surface area contributed by atoms with Crippen molar-refractivity contribution in [2.45, 2.75) is 6.92 Å². The van der Waals surface area contributed by atoms with Crippen molar-refractivity contribution in [3.05, 3.63) is 76.6 Å². The third-order valence-corrected chi connectivity index (χ3v) is 3.86. The van der Waals surface area contributed by atoms with E-state index in [0.717, 1.165) is 0 Å². The molecule has 0 spiro atoms. The number of esters is 1. The largest absolute Gasteiger partial charge is 0.462 e. The van der Waals surface area contributed by atoms with Gasteiger partial charge in [0, 0.05) is 5.56 Å². The first kappa shape index (κ1) is 16.5. The highest BCUT2D eigenvalue weighted by atomic mass is 16.5. The number of nitrogens with one attached hydrogen (secondary N) is 1. The van der Waals surface area contributed by atoms with Crippen LogP contribution in [-0.2, 0) is 4.74 Å². The molecule has 2 aromatic carbocycles. The number of pyridine rings is 1. The van der Waals surface area contributed by atoms with E-state index >= 15 is 0 Å². The molecule has 0 radical (unpaired) electrons. The highest BCUT2D eigenvalue weighted by molar-refractivity contribution is 6.05. The lowest BCUT2D eigenvalue weighted by Gasteiger charge is -2.16. The lowest BCUT2D eigenvalue weighted by molar-refractivity contribution is 0.0528. The lowest BCUT2D eigenvalue weighted by atomic mass is 9.94. The van der Waals surface area contributed by atoms with Crippen LogP contribution in [-0.4, -0.2) is 17.6 Å². The van der Waals surface area contributed by atoms with Crippen molar-refractivity contribution in [2.75, 3.05) is 12.3 Å². The summed E-state index contributed by atoms with van der Waals surface area (Å²) in [6.45, 7) is 1.96. The summed E-state index contributed by atoms with van der Waals surface area (Å²) >= 11 is 0. The van der Waals surface area contributed by atoms with Gasteiger partial charge in [-0.2, -0.15) is 0 Å². The monoisotopic (exact) mass is 334 g/mol. The van der Waals surface area contributed by atoms with Gasteiger partial charge in [0.2, 0.25) is 0 Å². The van der Waals surface area contributed by atoms with Crippen LogP contribution in [0.4, 0.5) is 5.69 Å². The topological polar surface area (TPSA) is 85.2 Å². The Morgan fingerprint density at radius 2 is 1.56 bits per heavy atom. The zero-order valence-corrected chi connectivity index (χ0v) is 13.8. The number of hydrogen-bond acceptors (Lipinski definition) is 4. The van der Waals surface area contributed by atoms with Crippen molar-refractivity contribution in [1.29, 1.82) is 0 Å². The minimum Gasteiger partial charge on any atom is -0.462 e. The third-order valence-electron chi connectivity index (χ3n) is 3.86. The fourth-order valence-electron chi connectivity index (χ4n) is 2.75. The van der Waals surface area contributed by atoms with Crippen LogP contribution in [0.5, 0.6) is 0 Å². The van der Waals surface area contributed by atoms with Crippen LogP contribution in [0, 0.1) is 0 Å². The van der Waals surface area contributed by atoms with Crippen LogP contribution in [0.2, 0.25) is 0 Å². The van der Waals surface area contributed by atoms with E-state index in [1.54, 1.807) is 6.92 Å². The highest BCUT2D eigenvalue weighted by Crippen LogP contribution is 2.33. The number of H-pyrrole nitrogens is 1. The van der Waals surface area contributed by atoms with Crippen LogP contribution in [0.1, 0.15) is 17.3 Å². The molecule has 1 aromatic heterocycles. The van der Waals surface area contributed by atoms with Gasteiger partial charge in [0.25, 0.3) is 5.56 Å². The molecule has 0 fully saturated rings. The van der Waals surface area contributed by atoms with Gasteiger partial charge >= 0.3 is 5.97 Å². The number of hydrogen-bond donors (Lipinski definition) is 2. The lowest BCUT2D eigenvalue weighted by Crippen LogP contribution is -2.20. The standard InChI is InChI=1S/C20H18N2O3/c1-2-25-20(24)16-15(13-9-5-3-6-10-13)17(21)19(23)22-18(16)14-11-7-4-8-12-14/h3-12H,2,21H2,1H3,(H,22,23). The molecule has 0 aliphatic heterocycles. The molecule has 0 amide bonds. The van der Waals surface area contributed by atoms with Gasteiger partial charge in [-0.05, 0) is 18.1 Å². The molecular formula is C20H18N2O3. The minimum atomic E-state index is -0.525. The van der Waals surface area contributed by atoms with Crippen LogP contribution in [0.25, 0.3) is 22.4 Å². The molecular weight excluding hydrogens is 316 g/mol. The summed E-state index contributed by atoms with van der Waals surface area (Å²) in [4.78, 5) is 27.8. The van der Waals surface area contributed by atoms with Gasteiger partial charge in [-0.25, -0.2) is 4.79 Å². The summed E-state index contributed by atoms with van der Waals surface area (Å²) in [6.07, 6.45) is 0. The zero-order chi connectivity index (χ0) is 17.8. The number of nitrogen functional groups attached to an aromatic ring is 1. The zero-order valence-electron chi connectivity index (χ0n) is 13.8. The van der Waals surface area contributed by atoms with E-state index < -0.39 is 11.5 Å². The molecule has 0 aliphatic carbocycles. The molecule has 5 nitrogen and oxygen atoms in total. The van der Waals surface area contributed by atoms with Crippen LogP contribution in [0.15, 0.2) is 65.5 Å². The Labute approximate surface area is 145 Å². The first-order valence-corrected chi connectivity index (χ1v) is 7.97. The SMILES string of the molecule is CCOC(=O)c1c(-c2ccccc2)[nH]c(=O)c(N)c1-c1ccccc1. The van der Waals surface area contributed by atoms with Crippen LogP contribution in [0.3, 0.4) is 0 Å². The number of carbonyl (C=O) groups is 1. The molecule has 0 aliphatic rings. The Morgan fingerprint density at radius 1 is 1.00 bits per heavy atom. The molecule has 0 bridgehead atoms. The Bertz CT molecular complexity index is 948. The van der Waals surface area contributed by atoms with E-state index in [0.29, 0.717) is 22.4 Å². The maximum Gasteiger partial charge on any atom is 0.340 e. The molecule has 5 heteroatoms. The molecule has 0 saturated carbocycles. The summed E-state index contributed by atoms with van der Waals surface area (Å²) in [7, 11) is 0. The number of ether oxygens (including phenoxy) is 1. The normalized spacial score (nSPS) is 10.4. The van der Waals surface area contributed by atoms with Crippen LogP contribution < -0.4 is 11.3 Å². The quantitative estimate of drug-likeness (QED) is 0.716. The van der Waals surface area contributed by atoms with Gasteiger partial charge in [0.05, 0.1) is 17.9 Å². The van der Waals surface area contributed by atoms with Crippen molar-refractivity contribution < 1.29 is 9.53 Å². The van der Waals surface area contributed by atoms with Crippen molar-refractivity contribution in [3.63, 3.8) is 0 Å². The first-order chi connectivity index (χ1) is 12.1. The van der Waals surface area contributed by atoms with E-state index in [1.165, 1.54) is 0 Å². The second-order valence-corrected chi connectivity index (χ2v) is 5.45. The molecule has 25 heavy (non-hydrogen) atoms. The Morgan fingerprint density at radius 3 is 2.12 bits per heavy atom. The second kappa shape index (κ2) is 7.05. The summed E-state index contributed by atoms with van der Waals surface area (Å²) < 4.78 is 5.23. The highest BCUT2D eigenvalue weighted by Gasteiger charge is 2.24. The predicted octanol–water partition coefficient (Wildman–Crippen LogP) is 3.47. The number of aromatic nitrogens is 1. The van der Waals surface area contributed by atoms with Crippen molar-refractivity contribution in [1.82, 2.24) is 4.98 Å². The number of benzene rings is 2. The van der Waals surface area contributed by atoms with Crippen molar-refractivity contribution in [3.8, 4) is 22.4 Å². The summed E-state index contributed by atoms with van der Waals surface area (Å²) in [5, 5.41) is 0. The van der Waals surface area contributed by atoms with Crippen molar-refractivity contribution in [2.24, 2.45) is 0 Å². The predicted molar refractivity (Wildman–Crippen MR) is 98.3 cm³/mol. The summed E-state index contributed by atoms with van der Waals surface area (Å²) in [6, 6.07) is 18.3. The van der Waals surface area contributed by atoms with Gasteiger partial charge in [-0.3, -0.25) is 4.79 Å². The van der Waals surface area contributed by atoms with Gasteiger partial charge < -0.3 is 15.5 Å². The fraction of sp³-hybridized carbons (Fsp3) is 0.100. The van der Waals surface area contributed by atoms with Crippen molar-refractivity contribution >= 4 is 11.7 Å². The molecule has 126 valence electrons. The van der Waals surface area contributed by atoms with Gasteiger partial charge in [-0.15, -0.1) is 0 Å². The number of nitrogens with two attached hydrogens (primary N) is 1. The maximum absolute atomic E-state index is 12.7. The average Bonchev–Trinajstić information content (AvgIpc) is 2.65. The van der Waals surface area contributed by atoms with Crippen LogP contribution >= 0.6 is 0 Å². The number of aromatic amines is 1. The second-order valence-electron chi connectivity index (χ2n) is 5.45. The molecule has 0 atom stereocenters. The van der Waals surface area contributed by atoms with E-state index in [4.69, 9.17) is 10.5 Å². The van der Waals surface area contributed by atoms with E-state index in [-0.39, 0.29) is 17.9 Å². The smallest absolute Gasteiger partial charge is 0.340 e. The summed E-state index contributed by atoms with van der Waals surface area (Å²) in [5.74, 6) is -0.525. The van der Waals surface area contributed by atoms with E-state index in [2.05, 4.69) is 4.98 Å².